The van der Waals surface area contributed by atoms with E-state index in [4.69, 9.17) is 0 Å². The molecule has 0 atom stereocenters. The fraction of sp³-hybridized carbons (Fsp3) is 0.200. The first-order valence-electron chi connectivity index (χ1n) is 5.88. The second-order valence-corrected chi connectivity index (χ2v) is 4.11. The van der Waals surface area contributed by atoms with E-state index in [9.17, 15) is 9.18 Å². The van der Waals surface area contributed by atoms with Gasteiger partial charge >= 0.3 is 0 Å². The molecule has 2 nitrogen and oxygen atoms in total. The van der Waals surface area contributed by atoms with Gasteiger partial charge < -0.3 is 0 Å². The maximum Gasteiger partial charge on any atom is 0.166 e. The Morgan fingerprint density at radius 1 is 1.28 bits per heavy atom. The Kier molecular flexibility index (Phi) is 3.51. The van der Waals surface area contributed by atoms with Crippen LogP contribution >= 0.6 is 0 Å². The number of rotatable bonds is 3. The lowest BCUT2D eigenvalue weighted by molar-refractivity contribution is 0.0985. The molecule has 0 aliphatic heterocycles. The zero-order valence-corrected chi connectivity index (χ0v) is 10.4. The molecule has 1 aromatic carbocycles. The number of aryl methyl sites for hydroxylation is 1. The predicted molar refractivity (Wildman–Crippen MR) is 69.0 cm³/mol. The standard InChI is InChI=1S/C15H14FNO/c1-3-13(18)14-11(7-4-8-12(14)16)15-10(2)6-5-9-17-15/h4-9H,3H2,1-2H3. The number of ketones is 1. The van der Waals surface area contributed by atoms with Crippen LogP contribution in [0.15, 0.2) is 36.5 Å². The molecular weight excluding hydrogens is 229 g/mol. The summed E-state index contributed by atoms with van der Waals surface area (Å²) in [6, 6.07) is 8.37. The topological polar surface area (TPSA) is 30.0 Å². The molecule has 1 aromatic heterocycles. The molecule has 0 radical (unpaired) electrons. The van der Waals surface area contributed by atoms with Gasteiger partial charge in [-0.3, -0.25) is 9.78 Å². The van der Waals surface area contributed by atoms with Crippen LogP contribution in [-0.4, -0.2) is 10.8 Å². The number of aromatic nitrogens is 1. The predicted octanol–water partition coefficient (Wildman–Crippen LogP) is 3.79. The van der Waals surface area contributed by atoms with Gasteiger partial charge in [0.1, 0.15) is 5.82 Å². The summed E-state index contributed by atoms with van der Waals surface area (Å²) in [6.07, 6.45) is 1.92. The summed E-state index contributed by atoms with van der Waals surface area (Å²) < 4.78 is 13.9. The normalized spacial score (nSPS) is 10.4. The fourth-order valence-electron chi connectivity index (χ4n) is 1.95. The minimum Gasteiger partial charge on any atom is -0.294 e. The average Bonchev–Trinajstić information content (AvgIpc) is 2.38. The first-order valence-corrected chi connectivity index (χ1v) is 5.88. The van der Waals surface area contributed by atoms with Crippen LogP contribution < -0.4 is 0 Å². The van der Waals surface area contributed by atoms with Gasteiger partial charge in [-0.15, -0.1) is 0 Å². The minimum atomic E-state index is -0.482. The Morgan fingerprint density at radius 2 is 2.06 bits per heavy atom. The van der Waals surface area contributed by atoms with Crippen molar-refractivity contribution < 1.29 is 9.18 Å². The Balaban J connectivity index is 2.69. The lowest BCUT2D eigenvalue weighted by Crippen LogP contribution is -2.04. The highest BCUT2D eigenvalue weighted by molar-refractivity contribution is 6.02. The second kappa shape index (κ2) is 5.08. The third-order valence-corrected chi connectivity index (χ3v) is 2.88. The van der Waals surface area contributed by atoms with Crippen molar-refractivity contribution in [1.29, 1.82) is 0 Å². The fourth-order valence-corrected chi connectivity index (χ4v) is 1.95. The monoisotopic (exact) mass is 243 g/mol. The van der Waals surface area contributed by atoms with E-state index in [0.717, 1.165) is 5.56 Å². The van der Waals surface area contributed by atoms with Gasteiger partial charge in [-0.2, -0.15) is 0 Å². The van der Waals surface area contributed by atoms with E-state index in [-0.39, 0.29) is 17.8 Å². The van der Waals surface area contributed by atoms with Crippen molar-refractivity contribution >= 4 is 5.78 Å². The van der Waals surface area contributed by atoms with E-state index in [1.165, 1.54) is 6.07 Å². The Labute approximate surface area is 105 Å². The van der Waals surface area contributed by atoms with Crippen LogP contribution in [0.3, 0.4) is 0 Å². The van der Waals surface area contributed by atoms with Crippen molar-refractivity contribution in [2.45, 2.75) is 20.3 Å². The zero-order valence-electron chi connectivity index (χ0n) is 10.4. The molecule has 1 heterocycles. The molecule has 0 spiro atoms. The maximum absolute atomic E-state index is 13.9. The van der Waals surface area contributed by atoms with Crippen LogP contribution in [0.2, 0.25) is 0 Å². The van der Waals surface area contributed by atoms with Crippen LogP contribution in [0.5, 0.6) is 0 Å². The van der Waals surface area contributed by atoms with Gasteiger partial charge in [0.25, 0.3) is 0 Å². The first-order chi connectivity index (χ1) is 8.65. The molecule has 0 amide bonds. The van der Waals surface area contributed by atoms with Crippen molar-refractivity contribution in [2.75, 3.05) is 0 Å². The summed E-state index contributed by atoms with van der Waals surface area (Å²) in [7, 11) is 0. The molecule has 2 aromatic rings. The number of halogens is 1. The molecule has 0 fully saturated rings. The lowest BCUT2D eigenvalue weighted by Gasteiger charge is -2.10. The number of carbonyl (C=O) groups is 1. The van der Waals surface area contributed by atoms with E-state index in [2.05, 4.69) is 4.98 Å². The number of Topliss-reactive ketones (excluding diaryl/α,β-unsaturated/α-hetero) is 1. The molecule has 18 heavy (non-hydrogen) atoms. The summed E-state index contributed by atoms with van der Waals surface area (Å²) in [5, 5.41) is 0. The average molecular weight is 243 g/mol. The highest BCUT2D eigenvalue weighted by atomic mass is 19.1. The number of pyridine rings is 1. The summed E-state index contributed by atoms with van der Waals surface area (Å²) >= 11 is 0. The molecule has 0 saturated carbocycles. The van der Waals surface area contributed by atoms with Crippen molar-refractivity contribution in [3.63, 3.8) is 0 Å². The van der Waals surface area contributed by atoms with Gasteiger partial charge in [-0.05, 0) is 24.6 Å². The number of nitrogens with zero attached hydrogens (tertiary/aromatic N) is 1. The van der Waals surface area contributed by atoms with Gasteiger partial charge in [0.05, 0.1) is 11.3 Å². The van der Waals surface area contributed by atoms with Crippen LogP contribution in [0.25, 0.3) is 11.3 Å². The number of benzene rings is 1. The van der Waals surface area contributed by atoms with Gasteiger partial charge in [-0.1, -0.05) is 25.1 Å². The van der Waals surface area contributed by atoms with E-state index in [0.29, 0.717) is 11.3 Å². The highest BCUT2D eigenvalue weighted by Gasteiger charge is 2.17. The van der Waals surface area contributed by atoms with Gasteiger partial charge in [0.15, 0.2) is 5.78 Å². The van der Waals surface area contributed by atoms with Crippen molar-refractivity contribution in [1.82, 2.24) is 4.98 Å². The zero-order chi connectivity index (χ0) is 13.1. The molecule has 0 aliphatic carbocycles. The number of hydrogen-bond acceptors (Lipinski definition) is 2. The smallest absolute Gasteiger partial charge is 0.166 e. The molecule has 92 valence electrons. The maximum atomic E-state index is 13.9. The Hall–Kier alpha value is -2.03. The molecule has 2 rings (SSSR count). The molecule has 0 bridgehead atoms. The molecular formula is C15H14FNO. The van der Waals surface area contributed by atoms with E-state index >= 15 is 0 Å². The van der Waals surface area contributed by atoms with Crippen molar-refractivity contribution in [3.8, 4) is 11.3 Å². The van der Waals surface area contributed by atoms with Crippen molar-refractivity contribution in [3.05, 3.63) is 53.5 Å². The molecule has 0 unspecified atom stereocenters. The summed E-state index contributed by atoms with van der Waals surface area (Å²) in [6.45, 7) is 3.62. The van der Waals surface area contributed by atoms with Gasteiger partial charge in [0.2, 0.25) is 0 Å². The summed E-state index contributed by atoms with van der Waals surface area (Å²) in [4.78, 5) is 16.1. The van der Waals surface area contributed by atoms with E-state index in [1.54, 1.807) is 25.3 Å². The van der Waals surface area contributed by atoms with Crippen LogP contribution in [-0.2, 0) is 0 Å². The third kappa shape index (κ3) is 2.16. The summed E-state index contributed by atoms with van der Waals surface area (Å²) in [5.74, 6) is -0.683. The second-order valence-electron chi connectivity index (χ2n) is 4.11. The van der Waals surface area contributed by atoms with E-state index < -0.39 is 5.82 Å². The largest absolute Gasteiger partial charge is 0.294 e. The van der Waals surface area contributed by atoms with Crippen LogP contribution in [0, 0.1) is 12.7 Å². The number of hydrogen-bond donors (Lipinski definition) is 0. The quantitative estimate of drug-likeness (QED) is 0.768. The lowest BCUT2D eigenvalue weighted by atomic mass is 9.96. The van der Waals surface area contributed by atoms with Crippen LogP contribution in [0.4, 0.5) is 4.39 Å². The van der Waals surface area contributed by atoms with Crippen molar-refractivity contribution in [2.24, 2.45) is 0 Å². The molecule has 0 N–H and O–H groups in total. The van der Waals surface area contributed by atoms with Gasteiger partial charge in [0, 0.05) is 18.2 Å². The van der Waals surface area contributed by atoms with Gasteiger partial charge in [-0.25, -0.2) is 4.39 Å². The number of carbonyl (C=O) groups excluding carboxylic acids is 1. The highest BCUT2D eigenvalue weighted by Crippen LogP contribution is 2.27. The Bertz CT molecular complexity index is 593. The summed E-state index contributed by atoms with van der Waals surface area (Å²) in [5.41, 5.74) is 2.30. The SMILES string of the molecule is CCC(=O)c1c(F)cccc1-c1ncccc1C. The van der Waals surface area contributed by atoms with E-state index in [1.807, 2.05) is 19.1 Å². The first kappa shape index (κ1) is 12.4. The Morgan fingerprint density at radius 3 is 2.72 bits per heavy atom. The third-order valence-electron chi connectivity index (χ3n) is 2.88. The molecule has 0 aliphatic rings. The molecule has 0 saturated heterocycles. The van der Waals surface area contributed by atoms with Crippen LogP contribution in [0.1, 0.15) is 29.3 Å². The minimum absolute atomic E-state index is 0.141. The molecule has 3 heteroatoms.